The molecule has 3 aromatic carbocycles. The maximum atomic E-state index is 12.2. The molecule has 0 bridgehead atoms. The van der Waals surface area contributed by atoms with Gasteiger partial charge in [0, 0.05) is 11.4 Å². The molecule has 9 heteroatoms. The summed E-state index contributed by atoms with van der Waals surface area (Å²) in [6.07, 6.45) is 1.37. The van der Waals surface area contributed by atoms with E-state index in [0.29, 0.717) is 29.3 Å². The van der Waals surface area contributed by atoms with Crippen LogP contribution < -0.4 is 25.5 Å². The first kappa shape index (κ1) is 25.0. The quantitative estimate of drug-likeness (QED) is 0.249. The van der Waals surface area contributed by atoms with Crippen LogP contribution in [0.4, 0.5) is 11.4 Å². The van der Waals surface area contributed by atoms with Gasteiger partial charge in [-0.1, -0.05) is 30.3 Å². The predicted molar refractivity (Wildman–Crippen MR) is 134 cm³/mol. The molecule has 0 saturated carbocycles. The lowest BCUT2D eigenvalue weighted by atomic mass is 10.2. The molecule has 180 valence electrons. The molecule has 0 atom stereocenters. The molecule has 9 nitrogen and oxygen atoms in total. The van der Waals surface area contributed by atoms with Gasteiger partial charge >= 0.3 is 11.8 Å². The molecule has 0 aliphatic heterocycles. The van der Waals surface area contributed by atoms with Crippen LogP contribution in [0.2, 0.25) is 0 Å². The van der Waals surface area contributed by atoms with Gasteiger partial charge in [0.25, 0.3) is 5.91 Å². The molecule has 0 aliphatic rings. The number of ether oxygens (including phenoxy) is 2. The number of anilines is 2. The van der Waals surface area contributed by atoms with Crippen LogP contribution in [0.1, 0.15) is 18.1 Å². The van der Waals surface area contributed by atoms with E-state index in [4.69, 9.17) is 9.47 Å². The van der Waals surface area contributed by atoms with E-state index in [-0.39, 0.29) is 12.5 Å². The molecule has 3 amide bonds. The standard InChI is InChI=1S/C26H26N4O5/c1-3-34-21-13-11-20(12-14-21)28-24(31)17-35-22-9-6-8-19(15-22)16-27-30-26(33)25(32)29-23-10-5-4-7-18(23)2/h4-16H,3,17H2,1-2H3,(H,28,31)(H,29,32)(H,30,33)/b27-16-. The number of benzene rings is 3. The van der Waals surface area contributed by atoms with E-state index in [1.807, 2.05) is 26.0 Å². The Kier molecular flexibility index (Phi) is 8.95. The highest BCUT2D eigenvalue weighted by Crippen LogP contribution is 2.16. The Morgan fingerprint density at radius 3 is 2.37 bits per heavy atom. The number of nitrogens with one attached hydrogen (secondary N) is 3. The molecule has 0 spiro atoms. The summed E-state index contributed by atoms with van der Waals surface area (Å²) in [6.45, 7) is 4.10. The Bertz CT molecular complexity index is 1210. The van der Waals surface area contributed by atoms with Gasteiger partial charge in [0.1, 0.15) is 11.5 Å². The monoisotopic (exact) mass is 474 g/mol. The van der Waals surface area contributed by atoms with Crippen molar-refractivity contribution >= 4 is 35.3 Å². The van der Waals surface area contributed by atoms with E-state index in [9.17, 15) is 14.4 Å². The van der Waals surface area contributed by atoms with Crippen molar-refractivity contribution in [1.29, 1.82) is 0 Å². The van der Waals surface area contributed by atoms with E-state index in [1.54, 1.807) is 60.7 Å². The molecule has 0 radical (unpaired) electrons. The first-order valence-corrected chi connectivity index (χ1v) is 10.9. The molecule has 35 heavy (non-hydrogen) atoms. The molecule has 0 aliphatic carbocycles. The molecule has 0 saturated heterocycles. The van der Waals surface area contributed by atoms with Crippen LogP contribution in [0.15, 0.2) is 77.9 Å². The Labute approximate surface area is 203 Å². The lowest BCUT2D eigenvalue weighted by molar-refractivity contribution is -0.136. The maximum absolute atomic E-state index is 12.2. The van der Waals surface area contributed by atoms with Crippen LogP contribution in [0.3, 0.4) is 0 Å². The molecule has 0 heterocycles. The number of carbonyl (C=O) groups excluding carboxylic acids is 3. The average molecular weight is 475 g/mol. The third-order valence-electron chi connectivity index (χ3n) is 4.66. The number of aryl methyl sites for hydroxylation is 1. The van der Waals surface area contributed by atoms with Gasteiger partial charge in [-0.3, -0.25) is 14.4 Å². The van der Waals surface area contributed by atoms with Crippen LogP contribution in [0.5, 0.6) is 11.5 Å². The third-order valence-corrected chi connectivity index (χ3v) is 4.66. The maximum Gasteiger partial charge on any atom is 0.329 e. The van der Waals surface area contributed by atoms with Crippen LogP contribution in [-0.4, -0.2) is 37.1 Å². The number of nitrogens with zero attached hydrogens (tertiary/aromatic N) is 1. The minimum absolute atomic E-state index is 0.191. The molecule has 3 aromatic rings. The van der Waals surface area contributed by atoms with Gasteiger partial charge in [0.05, 0.1) is 12.8 Å². The fourth-order valence-corrected chi connectivity index (χ4v) is 2.94. The number of hydrogen-bond donors (Lipinski definition) is 3. The van der Waals surface area contributed by atoms with Crippen molar-refractivity contribution in [2.24, 2.45) is 5.10 Å². The first-order valence-electron chi connectivity index (χ1n) is 10.9. The van der Waals surface area contributed by atoms with E-state index in [1.165, 1.54) is 6.21 Å². The van der Waals surface area contributed by atoms with Crippen molar-refractivity contribution in [3.8, 4) is 11.5 Å². The fourth-order valence-electron chi connectivity index (χ4n) is 2.94. The summed E-state index contributed by atoms with van der Waals surface area (Å²) in [4.78, 5) is 36.2. The van der Waals surface area contributed by atoms with Crippen LogP contribution in [0.25, 0.3) is 0 Å². The Hall–Kier alpha value is -4.66. The second kappa shape index (κ2) is 12.5. The summed E-state index contributed by atoms with van der Waals surface area (Å²) in [5.74, 6) is -0.877. The van der Waals surface area contributed by atoms with Gasteiger partial charge in [-0.25, -0.2) is 5.43 Å². The Morgan fingerprint density at radius 1 is 0.857 bits per heavy atom. The van der Waals surface area contributed by atoms with Gasteiger partial charge < -0.3 is 20.1 Å². The molecule has 3 rings (SSSR count). The molecule has 0 unspecified atom stereocenters. The average Bonchev–Trinajstić information content (AvgIpc) is 2.86. The molecular weight excluding hydrogens is 448 g/mol. The van der Waals surface area contributed by atoms with Crippen LogP contribution >= 0.6 is 0 Å². The lowest BCUT2D eigenvalue weighted by Crippen LogP contribution is -2.32. The third kappa shape index (κ3) is 8.01. The van der Waals surface area contributed by atoms with E-state index in [0.717, 1.165) is 11.3 Å². The van der Waals surface area contributed by atoms with Crippen molar-refractivity contribution in [3.05, 3.63) is 83.9 Å². The minimum Gasteiger partial charge on any atom is -0.494 e. The summed E-state index contributed by atoms with van der Waals surface area (Å²) in [5, 5.41) is 9.08. The summed E-state index contributed by atoms with van der Waals surface area (Å²) < 4.78 is 10.9. The molecule has 0 fully saturated rings. The van der Waals surface area contributed by atoms with Gasteiger partial charge in [0.2, 0.25) is 0 Å². The smallest absolute Gasteiger partial charge is 0.329 e. The number of hydrazone groups is 1. The Balaban J connectivity index is 1.46. The van der Waals surface area contributed by atoms with E-state index < -0.39 is 11.8 Å². The van der Waals surface area contributed by atoms with Crippen LogP contribution in [0, 0.1) is 6.92 Å². The predicted octanol–water partition coefficient (Wildman–Crippen LogP) is 3.50. The second-order valence-corrected chi connectivity index (χ2v) is 7.33. The van der Waals surface area contributed by atoms with Gasteiger partial charge in [-0.15, -0.1) is 0 Å². The summed E-state index contributed by atoms with van der Waals surface area (Å²) >= 11 is 0. The van der Waals surface area contributed by atoms with Crippen molar-refractivity contribution < 1.29 is 23.9 Å². The van der Waals surface area contributed by atoms with Crippen molar-refractivity contribution in [2.75, 3.05) is 23.8 Å². The van der Waals surface area contributed by atoms with E-state index in [2.05, 4.69) is 21.2 Å². The van der Waals surface area contributed by atoms with Gasteiger partial charge in [-0.05, 0) is 67.4 Å². The highest BCUT2D eigenvalue weighted by molar-refractivity contribution is 6.39. The van der Waals surface area contributed by atoms with Gasteiger partial charge in [-0.2, -0.15) is 5.10 Å². The summed E-state index contributed by atoms with van der Waals surface area (Å²) in [5.41, 5.74) is 4.80. The number of rotatable bonds is 9. The molecule has 0 aromatic heterocycles. The minimum atomic E-state index is -0.900. The number of amides is 3. The van der Waals surface area contributed by atoms with Gasteiger partial charge in [0.15, 0.2) is 6.61 Å². The largest absolute Gasteiger partial charge is 0.494 e. The van der Waals surface area contributed by atoms with E-state index >= 15 is 0 Å². The lowest BCUT2D eigenvalue weighted by Gasteiger charge is -2.09. The first-order chi connectivity index (χ1) is 16.9. The topological polar surface area (TPSA) is 118 Å². The zero-order valence-electron chi connectivity index (χ0n) is 19.4. The number of hydrogen-bond acceptors (Lipinski definition) is 6. The van der Waals surface area contributed by atoms with Crippen molar-refractivity contribution in [2.45, 2.75) is 13.8 Å². The second-order valence-electron chi connectivity index (χ2n) is 7.33. The summed E-state index contributed by atoms with van der Waals surface area (Å²) in [6, 6.07) is 20.9. The normalized spacial score (nSPS) is 10.5. The highest BCUT2D eigenvalue weighted by atomic mass is 16.5. The number of carbonyl (C=O) groups is 3. The zero-order valence-corrected chi connectivity index (χ0v) is 19.4. The molecule has 3 N–H and O–H groups in total. The zero-order chi connectivity index (χ0) is 25.0. The van der Waals surface area contributed by atoms with Crippen molar-refractivity contribution in [1.82, 2.24) is 5.43 Å². The molecular formula is C26H26N4O5. The SMILES string of the molecule is CCOc1ccc(NC(=O)COc2cccc(/C=N\NC(=O)C(=O)Nc3ccccc3C)c2)cc1. The fraction of sp³-hybridized carbons (Fsp3) is 0.154. The number of para-hydroxylation sites is 1. The van der Waals surface area contributed by atoms with Crippen LogP contribution in [-0.2, 0) is 14.4 Å². The summed E-state index contributed by atoms with van der Waals surface area (Å²) in [7, 11) is 0. The Morgan fingerprint density at radius 2 is 1.63 bits per heavy atom. The highest BCUT2D eigenvalue weighted by Gasteiger charge is 2.13. The van der Waals surface area contributed by atoms with Crippen molar-refractivity contribution in [3.63, 3.8) is 0 Å².